The topological polar surface area (TPSA) is 36.1 Å². The first-order chi connectivity index (χ1) is 8.73. The Balaban J connectivity index is 6.44. The number of halogens is 6. The van der Waals surface area contributed by atoms with Crippen molar-refractivity contribution in [3.63, 3.8) is 0 Å². The van der Waals surface area contributed by atoms with Crippen LogP contribution in [0, 0.1) is 11.3 Å². The first-order valence-corrected chi connectivity index (χ1v) is 9.84. The monoisotopic (exact) mass is 334 g/mol. The summed E-state index contributed by atoms with van der Waals surface area (Å²) < 4.78 is 76.9. The van der Waals surface area contributed by atoms with E-state index in [0.717, 1.165) is 6.07 Å². The molecule has 0 rings (SSSR count). The summed E-state index contributed by atoms with van der Waals surface area (Å²) in [7, 11) is -2.35. The Morgan fingerprint density at radius 1 is 1.05 bits per heavy atom. The van der Waals surface area contributed by atoms with Gasteiger partial charge in [-0.2, -0.15) is 31.6 Å². The van der Waals surface area contributed by atoms with Gasteiger partial charge in [-0.15, -0.1) is 11.8 Å². The lowest BCUT2D eigenvalue weighted by molar-refractivity contribution is -0.251. The number of rotatable bonds is 3. The van der Waals surface area contributed by atoms with Gasteiger partial charge < -0.3 is 0 Å². The van der Waals surface area contributed by atoms with E-state index < -0.39 is 42.7 Å². The zero-order chi connectivity index (χ0) is 16.4. The van der Waals surface area contributed by atoms with Gasteiger partial charge in [-0.25, -0.2) is 0 Å². The van der Waals surface area contributed by atoms with E-state index in [1.165, 1.54) is 0 Å². The minimum absolute atomic E-state index is 0.502. The summed E-state index contributed by atoms with van der Waals surface area (Å²) in [5, 5.41) is 8.71. The maximum atomic E-state index is 12.9. The van der Waals surface area contributed by atoms with Crippen molar-refractivity contribution in [3.05, 3.63) is 5.57 Å². The molecule has 0 heterocycles. The van der Waals surface area contributed by atoms with Gasteiger partial charge >= 0.3 is 12.4 Å². The van der Waals surface area contributed by atoms with Crippen LogP contribution in [0.1, 0.15) is 0 Å². The Hall–Kier alpha value is -0.913. The Morgan fingerprint density at radius 2 is 1.45 bits per heavy atom. The summed E-state index contributed by atoms with van der Waals surface area (Å²) >= 11 is -0.502. The quantitative estimate of drug-likeness (QED) is 0.336. The predicted molar refractivity (Wildman–Crippen MR) is 68.3 cm³/mol. The van der Waals surface area contributed by atoms with E-state index in [2.05, 4.69) is 4.66 Å². The summed E-state index contributed by atoms with van der Waals surface area (Å²) in [6, 6.07) is 0.953. The highest BCUT2D eigenvalue weighted by molar-refractivity contribution is 8.00. The van der Waals surface area contributed by atoms with E-state index in [1.54, 1.807) is 25.5 Å². The number of nitriles is 1. The average Bonchev–Trinajstić information content (AvgIpc) is 2.18. The molecule has 0 atom stereocenters. The molecule has 114 valence electrons. The van der Waals surface area contributed by atoms with Gasteiger partial charge in [0.05, 0.1) is 0 Å². The van der Waals surface area contributed by atoms with Crippen LogP contribution in [0.4, 0.5) is 26.3 Å². The maximum Gasteiger partial charge on any atom is 0.417 e. The van der Waals surface area contributed by atoms with E-state index in [9.17, 15) is 26.3 Å². The number of nitrogens with zero attached hydrogens (tertiary/aromatic N) is 2. The SMILES string of the molecule is CSC(C(=C=N[Si](C)(C)C)C#N)(C(F)(F)F)C(F)(F)F. The Bertz CT molecular complexity index is 448. The highest BCUT2D eigenvalue weighted by Crippen LogP contribution is 2.54. The van der Waals surface area contributed by atoms with E-state index in [4.69, 9.17) is 5.26 Å². The van der Waals surface area contributed by atoms with Crippen molar-refractivity contribution in [1.29, 1.82) is 5.26 Å². The molecular formula is C10H12F6N2SSi. The molecule has 0 amide bonds. The fraction of sp³-hybridized carbons (Fsp3) is 0.700. The van der Waals surface area contributed by atoms with Crippen LogP contribution in [-0.4, -0.2) is 37.5 Å². The second kappa shape index (κ2) is 5.83. The molecule has 0 aromatic rings. The molecule has 10 heteroatoms. The van der Waals surface area contributed by atoms with Crippen molar-refractivity contribution >= 4 is 25.9 Å². The first-order valence-electron chi connectivity index (χ1n) is 5.17. The van der Waals surface area contributed by atoms with Gasteiger partial charge in [0.15, 0.2) is 8.24 Å². The van der Waals surface area contributed by atoms with Gasteiger partial charge in [0.1, 0.15) is 11.6 Å². The third-order valence-electron chi connectivity index (χ3n) is 2.07. The van der Waals surface area contributed by atoms with E-state index >= 15 is 0 Å². The van der Waals surface area contributed by atoms with Crippen LogP contribution in [0.2, 0.25) is 19.6 Å². The zero-order valence-electron chi connectivity index (χ0n) is 11.1. The van der Waals surface area contributed by atoms with Crippen molar-refractivity contribution in [2.75, 3.05) is 6.26 Å². The number of hydrogen-bond donors (Lipinski definition) is 0. The van der Waals surface area contributed by atoms with Crippen molar-refractivity contribution in [2.24, 2.45) is 4.66 Å². The van der Waals surface area contributed by atoms with Crippen LogP contribution >= 0.6 is 11.8 Å². The van der Waals surface area contributed by atoms with Gasteiger partial charge in [-0.1, -0.05) is 0 Å². The molecule has 0 N–H and O–H groups in total. The van der Waals surface area contributed by atoms with Crippen LogP contribution in [0.5, 0.6) is 0 Å². The third kappa shape index (κ3) is 3.81. The molecule has 0 saturated carbocycles. The lowest BCUT2D eigenvalue weighted by atomic mass is 9.99. The molecule has 0 aromatic heterocycles. The smallest absolute Gasteiger partial charge is 0.283 e. The second-order valence-electron chi connectivity index (χ2n) is 4.76. The molecule has 2 nitrogen and oxygen atoms in total. The van der Waals surface area contributed by atoms with Gasteiger partial charge in [0, 0.05) is 0 Å². The third-order valence-corrected chi connectivity index (χ3v) is 4.13. The highest BCUT2D eigenvalue weighted by Gasteiger charge is 2.73. The van der Waals surface area contributed by atoms with Crippen LogP contribution in [-0.2, 0) is 0 Å². The molecule has 0 aliphatic carbocycles. The van der Waals surface area contributed by atoms with Crippen molar-refractivity contribution in [2.45, 2.75) is 36.7 Å². The summed E-state index contributed by atoms with van der Waals surface area (Å²) in [6.07, 6.45) is -10.7. The summed E-state index contributed by atoms with van der Waals surface area (Å²) in [5.41, 5.74) is -1.58. The van der Waals surface area contributed by atoms with E-state index in [0.29, 0.717) is 6.26 Å². The molecule has 0 aliphatic heterocycles. The standard InChI is InChI=1S/C10H12F6N2SSi/c1-19-8(9(11,12)13,10(14,15)16)7(5-17)6-18-20(2,3)4/h1-4H3. The molecular weight excluding hydrogens is 322 g/mol. The minimum Gasteiger partial charge on any atom is -0.283 e. The normalized spacial score (nSPS) is 13.4. The van der Waals surface area contributed by atoms with E-state index in [-0.39, 0.29) is 0 Å². The number of hydrogen-bond acceptors (Lipinski definition) is 3. The van der Waals surface area contributed by atoms with Crippen molar-refractivity contribution in [3.8, 4) is 6.07 Å². The van der Waals surface area contributed by atoms with Crippen molar-refractivity contribution in [1.82, 2.24) is 0 Å². The molecule has 0 radical (unpaired) electrons. The predicted octanol–water partition coefficient (Wildman–Crippen LogP) is 4.17. The van der Waals surface area contributed by atoms with Crippen LogP contribution in [0.15, 0.2) is 10.2 Å². The minimum atomic E-state index is -5.68. The number of thioether (sulfide) groups is 1. The molecule has 0 fully saturated rings. The first kappa shape index (κ1) is 19.1. The lowest BCUT2D eigenvalue weighted by Crippen LogP contribution is -2.55. The maximum absolute atomic E-state index is 12.9. The molecule has 0 unspecified atom stereocenters. The zero-order valence-corrected chi connectivity index (χ0v) is 12.9. The fourth-order valence-corrected chi connectivity index (χ4v) is 2.39. The molecule has 0 aromatic carbocycles. The van der Waals surface area contributed by atoms with Crippen molar-refractivity contribution < 1.29 is 26.3 Å². The molecule has 0 saturated heterocycles. The van der Waals surface area contributed by atoms with E-state index in [1.807, 2.05) is 0 Å². The highest BCUT2D eigenvalue weighted by atomic mass is 32.2. The molecule has 0 spiro atoms. The molecule has 20 heavy (non-hydrogen) atoms. The van der Waals surface area contributed by atoms with Crippen LogP contribution < -0.4 is 0 Å². The van der Waals surface area contributed by atoms with Crippen LogP contribution in [0.3, 0.4) is 0 Å². The summed E-state index contributed by atoms with van der Waals surface area (Å²) in [4.78, 5) is 0. The molecule has 0 bridgehead atoms. The van der Waals surface area contributed by atoms with Gasteiger partial charge in [-0.05, 0) is 31.8 Å². The molecule has 0 aliphatic rings. The fourth-order valence-electron chi connectivity index (χ4n) is 1.18. The summed E-state index contributed by atoms with van der Waals surface area (Å²) in [5.74, 6) is 1.70. The van der Waals surface area contributed by atoms with Gasteiger partial charge in [0.2, 0.25) is 4.75 Å². The van der Waals surface area contributed by atoms with Gasteiger partial charge in [-0.3, -0.25) is 4.66 Å². The Morgan fingerprint density at radius 3 is 1.65 bits per heavy atom. The average molecular weight is 334 g/mol. The lowest BCUT2D eigenvalue weighted by Gasteiger charge is -2.34. The summed E-state index contributed by atoms with van der Waals surface area (Å²) in [6.45, 7) is 4.78. The number of alkyl halides is 6. The Kier molecular flexibility index (Phi) is 5.57. The second-order valence-corrected chi connectivity index (χ2v) is 10.3. The Labute approximate surface area is 117 Å². The van der Waals surface area contributed by atoms with Gasteiger partial charge in [0.25, 0.3) is 0 Å². The largest absolute Gasteiger partial charge is 0.417 e. The van der Waals surface area contributed by atoms with Crippen LogP contribution in [0.25, 0.3) is 0 Å².